The van der Waals surface area contributed by atoms with Crippen molar-refractivity contribution >= 4 is 51.2 Å². The molecule has 2 fully saturated rings. The quantitative estimate of drug-likeness (QED) is 0.131. The van der Waals surface area contributed by atoms with Gasteiger partial charge in [0.1, 0.15) is 12.0 Å². The number of H-pyrrole nitrogens is 1. The van der Waals surface area contributed by atoms with E-state index in [4.69, 9.17) is 9.51 Å². The van der Waals surface area contributed by atoms with Crippen molar-refractivity contribution in [1.29, 1.82) is 0 Å². The monoisotopic (exact) mass is 804 g/mol. The predicted octanol–water partition coefficient (Wildman–Crippen LogP) is 8.09. The summed E-state index contributed by atoms with van der Waals surface area (Å²) in [5, 5.41) is 11.4. The highest BCUT2D eigenvalue weighted by Gasteiger charge is 2.27. The number of nitrogens with zero attached hydrogens (tertiary/aromatic N) is 7. The smallest absolute Gasteiger partial charge is 0.328 e. The Morgan fingerprint density at radius 1 is 0.933 bits per heavy atom. The first-order valence-corrected chi connectivity index (χ1v) is 20.5. The second-order valence-electron chi connectivity index (χ2n) is 17.1. The second-order valence-corrected chi connectivity index (χ2v) is 17.1. The number of aromatic nitrogens is 6. The number of imide groups is 1. The summed E-state index contributed by atoms with van der Waals surface area (Å²) in [6, 6.07) is 22.3. The normalized spacial score (nSPS) is 15.8. The van der Waals surface area contributed by atoms with Crippen LogP contribution in [-0.4, -0.2) is 67.1 Å². The third-order valence-electron chi connectivity index (χ3n) is 11.8. The van der Waals surface area contributed by atoms with E-state index < -0.39 is 5.91 Å². The molecule has 0 spiro atoms. The molecule has 2 saturated heterocycles. The third kappa shape index (κ3) is 7.60. The molecule has 0 bridgehead atoms. The van der Waals surface area contributed by atoms with Gasteiger partial charge in [-0.25, -0.2) is 14.8 Å². The maximum Gasteiger partial charge on any atom is 0.328 e. The number of carbonyl (C=O) groups is 3. The standard InChI is InChI=1S/C46H48N10O4/c1-27-22-31(7-12-35(27)28(2)49-42(58)43-52-44(53-60-43)46(3,4)5)40-39-36-13-6-30(23-37(36)50-41(39)48-26-47-40)32-16-18-54(25-32)24-29-14-19-55(20-15-29)33-8-10-34(11-9-33)56-21-17-38(57)51-45(56)59/h6-13,16,18,22-23,25-26,28-29H,14-15,17,19-21,24H2,1-5H3,(H,49,58)(H,47,48,50)(H,51,57,59)/t28-/m1/s1. The highest BCUT2D eigenvalue weighted by atomic mass is 16.5. The SMILES string of the molecule is Cc1cc(-c2ncnc3[nH]c4cc(-c5ccn(CC6CCN(c7ccc(N8CCC(=O)NC8=O)cc7)CC6)c5)ccc4c23)ccc1[C@@H](C)NC(=O)c1nc(C(C)(C)C)no1. The fraction of sp³-hybridized carbons (Fsp3) is 0.326. The number of amides is 4. The number of aryl methyl sites for hydroxylation is 1. The molecule has 4 amide bonds. The maximum atomic E-state index is 13.0. The van der Waals surface area contributed by atoms with Crippen molar-refractivity contribution in [3.05, 3.63) is 108 Å². The van der Waals surface area contributed by atoms with E-state index >= 15 is 0 Å². The largest absolute Gasteiger partial charge is 0.372 e. The second kappa shape index (κ2) is 15.4. The van der Waals surface area contributed by atoms with E-state index in [1.165, 1.54) is 0 Å². The van der Waals surface area contributed by atoms with Gasteiger partial charge >= 0.3 is 17.8 Å². The first kappa shape index (κ1) is 38.7. The van der Waals surface area contributed by atoms with Crippen LogP contribution in [0.25, 0.3) is 44.3 Å². The lowest BCUT2D eigenvalue weighted by molar-refractivity contribution is -0.120. The molecule has 3 aromatic carbocycles. The van der Waals surface area contributed by atoms with Crippen LogP contribution in [0.5, 0.6) is 0 Å². The van der Waals surface area contributed by atoms with Gasteiger partial charge in [-0.05, 0) is 97.3 Å². The van der Waals surface area contributed by atoms with Crippen molar-refractivity contribution in [3.63, 3.8) is 0 Å². The minimum Gasteiger partial charge on any atom is -0.372 e. The van der Waals surface area contributed by atoms with Crippen LogP contribution in [-0.2, 0) is 16.8 Å². The summed E-state index contributed by atoms with van der Waals surface area (Å²) in [6.45, 7) is 13.2. The van der Waals surface area contributed by atoms with Crippen molar-refractivity contribution in [3.8, 4) is 22.4 Å². The zero-order chi connectivity index (χ0) is 41.7. The molecule has 7 aromatic rings. The molecular weight excluding hydrogens is 757 g/mol. The Hall–Kier alpha value is -6.83. The lowest BCUT2D eigenvalue weighted by Crippen LogP contribution is -2.49. The maximum absolute atomic E-state index is 13.0. The molecule has 4 aromatic heterocycles. The van der Waals surface area contributed by atoms with E-state index in [2.05, 4.69) is 95.1 Å². The average molecular weight is 805 g/mol. The van der Waals surface area contributed by atoms with Crippen molar-refractivity contribution in [2.45, 2.75) is 71.9 Å². The van der Waals surface area contributed by atoms with Gasteiger partial charge in [-0.15, -0.1) is 0 Å². The molecule has 60 heavy (non-hydrogen) atoms. The Bertz CT molecular complexity index is 2750. The van der Waals surface area contributed by atoms with E-state index in [9.17, 15) is 14.4 Å². The number of anilines is 2. The fourth-order valence-corrected chi connectivity index (χ4v) is 8.44. The van der Waals surface area contributed by atoms with Crippen LogP contribution in [0.3, 0.4) is 0 Å². The van der Waals surface area contributed by atoms with E-state index in [-0.39, 0.29) is 29.3 Å². The summed E-state index contributed by atoms with van der Waals surface area (Å²) >= 11 is 0. The first-order chi connectivity index (χ1) is 28.9. The zero-order valence-corrected chi connectivity index (χ0v) is 34.5. The van der Waals surface area contributed by atoms with Crippen molar-refractivity contribution in [2.24, 2.45) is 5.92 Å². The van der Waals surface area contributed by atoms with Crippen LogP contribution >= 0.6 is 0 Å². The van der Waals surface area contributed by atoms with Crippen molar-refractivity contribution in [1.82, 2.24) is 40.3 Å². The molecule has 3 N–H and O–H groups in total. The lowest BCUT2D eigenvalue weighted by atomic mass is 9.96. The van der Waals surface area contributed by atoms with Gasteiger partial charge in [0, 0.05) is 78.2 Å². The van der Waals surface area contributed by atoms with Gasteiger partial charge in [-0.1, -0.05) is 50.2 Å². The van der Waals surface area contributed by atoms with Gasteiger partial charge < -0.3 is 24.3 Å². The van der Waals surface area contributed by atoms with Gasteiger partial charge in [-0.3, -0.25) is 19.8 Å². The number of piperidine rings is 1. The molecule has 0 unspecified atom stereocenters. The summed E-state index contributed by atoms with van der Waals surface area (Å²) in [6.07, 6.45) is 8.51. The minimum absolute atomic E-state index is 0.0496. The number of hydrogen-bond donors (Lipinski definition) is 3. The molecular formula is C46H48N10O4. The first-order valence-electron chi connectivity index (χ1n) is 20.5. The number of urea groups is 1. The molecule has 9 rings (SSSR count). The minimum atomic E-state index is -0.411. The zero-order valence-electron chi connectivity index (χ0n) is 34.5. The van der Waals surface area contributed by atoms with Crippen LogP contribution in [0.1, 0.15) is 80.6 Å². The fourth-order valence-electron chi connectivity index (χ4n) is 8.44. The highest BCUT2D eigenvalue weighted by molar-refractivity contribution is 6.12. The Morgan fingerprint density at radius 2 is 1.70 bits per heavy atom. The summed E-state index contributed by atoms with van der Waals surface area (Å²) in [5.41, 5.74) is 9.47. The molecule has 306 valence electrons. The Morgan fingerprint density at radius 3 is 2.43 bits per heavy atom. The van der Waals surface area contributed by atoms with E-state index in [0.717, 1.165) is 99.3 Å². The third-order valence-corrected chi connectivity index (χ3v) is 11.8. The Balaban J connectivity index is 0.850. The molecule has 0 saturated carbocycles. The molecule has 2 aliphatic rings. The molecule has 14 nitrogen and oxygen atoms in total. The van der Waals surface area contributed by atoms with Crippen LogP contribution in [0.4, 0.5) is 16.2 Å². The summed E-state index contributed by atoms with van der Waals surface area (Å²) in [5.74, 6) is 0.369. The average Bonchev–Trinajstić information content (AvgIpc) is 4.00. The summed E-state index contributed by atoms with van der Waals surface area (Å²) in [4.78, 5) is 58.0. The van der Waals surface area contributed by atoms with E-state index in [1.54, 1.807) is 11.2 Å². The van der Waals surface area contributed by atoms with Gasteiger partial charge in [0.2, 0.25) is 5.91 Å². The summed E-state index contributed by atoms with van der Waals surface area (Å²) in [7, 11) is 0. The van der Waals surface area contributed by atoms with Gasteiger partial charge in [0.05, 0.1) is 17.1 Å². The number of benzene rings is 3. The molecule has 0 radical (unpaired) electrons. The number of hydrogen-bond acceptors (Lipinski definition) is 9. The van der Waals surface area contributed by atoms with Crippen LogP contribution in [0.15, 0.2) is 90.0 Å². The van der Waals surface area contributed by atoms with Gasteiger partial charge in [0.15, 0.2) is 5.82 Å². The Labute approximate surface area is 347 Å². The van der Waals surface area contributed by atoms with E-state index in [0.29, 0.717) is 24.7 Å². The number of fused-ring (bicyclic) bond motifs is 3. The lowest BCUT2D eigenvalue weighted by Gasteiger charge is -2.34. The number of rotatable bonds is 9. The van der Waals surface area contributed by atoms with E-state index in [1.807, 2.05) is 58.9 Å². The van der Waals surface area contributed by atoms with Crippen LogP contribution in [0, 0.1) is 12.8 Å². The van der Waals surface area contributed by atoms with Gasteiger partial charge in [-0.2, -0.15) is 4.98 Å². The number of nitrogens with one attached hydrogen (secondary N) is 3. The predicted molar refractivity (Wildman–Crippen MR) is 231 cm³/mol. The molecule has 14 heteroatoms. The van der Waals surface area contributed by atoms with Crippen LogP contribution in [0.2, 0.25) is 0 Å². The van der Waals surface area contributed by atoms with Crippen molar-refractivity contribution < 1.29 is 18.9 Å². The van der Waals surface area contributed by atoms with Crippen molar-refractivity contribution in [2.75, 3.05) is 29.4 Å². The molecule has 1 atom stereocenters. The van der Waals surface area contributed by atoms with Gasteiger partial charge in [0.25, 0.3) is 0 Å². The number of aromatic amines is 1. The summed E-state index contributed by atoms with van der Waals surface area (Å²) < 4.78 is 7.56. The topological polar surface area (TPSA) is 167 Å². The molecule has 6 heterocycles. The molecule has 0 aliphatic carbocycles. The Kier molecular flexibility index (Phi) is 9.93. The highest BCUT2D eigenvalue weighted by Crippen LogP contribution is 2.36. The van der Waals surface area contributed by atoms with Crippen LogP contribution < -0.4 is 20.4 Å². The number of carbonyl (C=O) groups excluding carboxylic acids is 3. The molecule has 2 aliphatic heterocycles.